The predicted octanol–water partition coefficient (Wildman–Crippen LogP) is 4.15. The van der Waals surface area contributed by atoms with Crippen LogP contribution in [0.2, 0.25) is 0 Å². The Balaban J connectivity index is 2.13. The van der Waals surface area contributed by atoms with Gasteiger partial charge in [0, 0.05) is 0 Å². The molecule has 1 atom stereocenters. The highest BCUT2D eigenvalue weighted by Gasteiger charge is 2.45. The van der Waals surface area contributed by atoms with Crippen molar-refractivity contribution in [3.63, 3.8) is 0 Å². The lowest BCUT2D eigenvalue weighted by atomic mass is 9.72. The minimum atomic E-state index is -0.963. The largest absolute Gasteiger partial charge is 0.467 e. The third-order valence-corrected chi connectivity index (χ3v) is 5.82. The van der Waals surface area contributed by atoms with Gasteiger partial charge in [0.2, 0.25) is 5.91 Å². The molecule has 1 aliphatic rings. The minimum absolute atomic E-state index is 0.348. The fourth-order valence-corrected chi connectivity index (χ4v) is 3.76. The molecule has 2 rings (SSSR count). The molecule has 0 saturated heterocycles. The standard InChI is InChI=1S/C20H28ClNO3/c1-13(2)15-9-11-20(12-10-15,19(24)25-4)22-18(23)17(21)16-7-5-14(3)6-8-16/h5-8,13,15,17H,9-12H2,1-4H3,(H,22,23). The summed E-state index contributed by atoms with van der Waals surface area (Å²) in [6, 6.07) is 7.52. The average molecular weight is 366 g/mol. The van der Waals surface area contributed by atoms with Gasteiger partial charge in [0.15, 0.2) is 0 Å². The van der Waals surface area contributed by atoms with E-state index in [1.807, 2.05) is 31.2 Å². The van der Waals surface area contributed by atoms with Crippen molar-refractivity contribution in [3.05, 3.63) is 35.4 Å². The molecule has 0 aliphatic heterocycles. The number of amides is 1. The number of methoxy groups -OCH3 is 1. The van der Waals surface area contributed by atoms with Gasteiger partial charge in [-0.25, -0.2) is 4.79 Å². The molecule has 0 radical (unpaired) electrons. The highest BCUT2D eigenvalue weighted by atomic mass is 35.5. The zero-order chi connectivity index (χ0) is 18.6. The number of hydrogen-bond acceptors (Lipinski definition) is 3. The second kappa shape index (κ2) is 8.22. The Morgan fingerprint density at radius 3 is 2.24 bits per heavy atom. The van der Waals surface area contributed by atoms with Gasteiger partial charge < -0.3 is 10.1 Å². The van der Waals surface area contributed by atoms with Crippen LogP contribution in [-0.4, -0.2) is 24.5 Å². The first-order valence-electron chi connectivity index (χ1n) is 8.90. The van der Waals surface area contributed by atoms with Crippen molar-refractivity contribution in [2.45, 2.75) is 57.4 Å². The van der Waals surface area contributed by atoms with Crippen LogP contribution in [0.4, 0.5) is 0 Å². The molecule has 1 saturated carbocycles. The van der Waals surface area contributed by atoms with E-state index in [0.717, 1.165) is 24.0 Å². The van der Waals surface area contributed by atoms with E-state index in [1.54, 1.807) is 0 Å². The fourth-order valence-electron chi connectivity index (χ4n) is 3.56. The monoisotopic (exact) mass is 365 g/mol. The van der Waals surface area contributed by atoms with Gasteiger partial charge in [0.25, 0.3) is 0 Å². The van der Waals surface area contributed by atoms with E-state index in [-0.39, 0.29) is 11.9 Å². The number of ether oxygens (including phenoxy) is 1. The maximum atomic E-state index is 12.7. The number of nitrogens with one attached hydrogen (secondary N) is 1. The summed E-state index contributed by atoms with van der Waals surface area (Å²) in [7, 11) is 1.36. The quantitative estimate of drug-likeness (QED) is 0.630. The molecule has 1 aromatic carbocycles. The van der Waals surface area contributed by atoms with Crippen LogP contribution in [0.25, 0.3) is 0 Å². The number of rotatable bonds is 5. The van der Waals surface area contributed by atoms with E-state index < -0.39 is 10.9 Å². The molecule has 0 heterocycles. The SMILES string of the molecule is COC(=O)C1(NC(=O)C(Cl)c2ccc(C)cc2)CCC(C(C)C)CC1. The Morgan fingerprint density at radius 2 is 1.76 bits per heavy atom. The van der Waals surface area contributed by atoms with Gasteiger partial charge in [-0.05, 0) is 50.0 Å². The summed E-state index contributed by atoms with van der Waals surface area (Å²) in [6.45, 7) is 6.37. The lowest BCUT2D eigenvalue weighted by Crippen LogP contribution is -2.57. The third kappa shape index (κ3) is 4.55. The minimum Gasteiger partial charge on any atom is -0.467 e. The van der Waals surface area contributed by atoms with Crippen molar-refractivity contribution in [2.24, 2.45) is 11.8 Å². The van der Waals surface area contributed by atoms with Gasteiger partial charge in [0.05, 0.1) is 7.11 Å². The summed E-state index contributed by atoms with van der Waals surface area (Å²) in [5.74, 6) is 0.410. The van der Waals surface area contributed by atoms with E-state index in [4.69, 9.17) is 16.3 Å². The number of alkyl halides is 1. The lowest BCUT2D eigenvalue weighted by Gasteiger charge is -2.40. The number of aryl methyl sites for hydroxylation is 1. The van der Waals surface area contributed by atoms with Crippen LogP contribution in [-0.2, 0) is 14.3 Å². The molecule has 138 valence electrons. The van der Waals surface area contributed by atoms with E-state index >= 15 is 0 Å². The van der Waals surface area contributed by atoms with Crippen LogP contribution < -0.4 is 5.32 Å². The molecule has 4 nitrogen and oxygen atoms in total. The van der Waals surface area contributed by atoms with Gasteiger partial charge in [0.1, 0.15) is 10.9 Å². The van der Waals surface area contributed by atoms with Crippen LogP contribution in [0.5, 0.6) is 0 Å². The molecular formula is C20H28ClNO3. The lowest BCUT2D eigenvalue weighted by molar-refractivity contribution is -0.153. The summed E-state index contributed by atoms with van der Waals surface area (Å²) >= 11 is 6.35. The Morgan fingerprint density at radius 1 is 1.20 bits per heavy atom. The summed E-state index contributed by atoms with van der Waals surface area (Å²) in [6.07, 6.45) is 2.96. The number of esters is 1. The second-order valence-electron chi connectivity index (χ2n) is 7.42. The highest BCUT2D eigenvalue weighted by molar-refractivity contribution is 6.31. The molecule has 5 heteroatoms. The van der Waals surface area contributed by atoms with Gasteiger partial charge in [-0.1, -0.05) is 43.7 Å². The summed E-state index contributed by atoms with van der Waals surface area (Å²) < 4.78 is 4.99. The molecule has 1 unspecified atom stereocenters. The number of carbonyl (C=O) groups excluding carboxylic acids is 2. The van der Waals surface area contributed by atoms with Gasteiger partial charge in [-0.3, -0.25) is 4.79 Å². The molecular weight excluding hydrogens is 338 g/mol. The molecule has 0 aromatic heterocycles. The molecule has 1 fully saturated rings. The molecule has 0 spiro atoms. The molecule has 1 aromatic rings. The number of benzene rings is 1. The number of halogens is 1. The maximum absolute atomic E-state index is 12.7. The average Bonchev–Trinajstić information content (AvgIpc) is 2.61. The second-order valence-corrected chi connectivity index (χ2v) is 7.85. The van der Waals surface area contributed by atoms with Crippen molar-refractivity contribution in [1.82, 2.24) is 5.32 Å². The van der Waals surface area contributed by atoms with Crippen LogP contribution in [0.1, 0.15) is 56.0 Å². The first-order valence-corrected chi connectivity index (χ1v) is 9.34. The van der Waals surface area contributed by atoms with Crippen LogP contribution in [0.3, 0.4) is 0 Å². The predicted molar refractivity (Wildman–Crippen MR) is 99.5 cm³/mol. The zero-order valence-corrected chi connectivity index (χ0v) is 16.2. The van der Waals surface area contributed by atoms with Crippen molar-refractivity contribution < 1.29 is 14.3 Å². The van der Waals surface area contributed by atoms with E-state index in [0.29, 0.717) is 24.7 Å². The fraction of sp³-hybridized carbons (Fsp3) is 0.600. The van der Waals surface area contributed by atoms with Gasteiger partial charge >= 0.3 is 5.97 Å². The summed E-state index contributed by atoms with van der Waals surface area (Å²) in [5, 5.41) is 2.08. The Hall–Kier alpha value is -1.55. The molecule has 1 aliphatic carbocycles. The first kappa shape index (κ1) is 19.8. The van der Waals surface area contributed by atoms with Crippen molar-refractivity contribution in [2.75, 3.05) is 7.11 Å². The van der Waals surface area contributed by atoms with Crippen LogP contribution >= 0.6 is 11.6 Å². The van der Waals surface area contributed by atoms with Crippen LogP contribution in [0, 0.1) is 18.8 Å². The van der Waals surface area contributed by atoms with Crippen LogP contribution in [0.15, 0.2) is 24.3 Å². The first-order chi connectivity index (χ1) is 11.8. The Bertz CT molecular complexity index is 604. The van der Waals surface area contributed by atoms with E-state index in [2.05, 4.69) is 19.2 Å². The third-order valence-electron chi connectivity index (χ3n) is 5.37. The topological polar surface area (TPSA) is 55.4 Å². The van der Waals surface area contributed by atoms with Crippen molar-refractivity contribution in [3.8, 4) is 0 Å². The van der Waals surface area contributed by atoms with Crippen molar-refractivity contribution in [1.29, 1.82) is 0 Å². The van der Waals surface area contributed by atoms with Gasteiger partial charge in [-0.15, -0.1) is 11.6 Å². The normalized spacial score (nSPS) is 24.6. The molecule has 1 amide bonds. The van der Waals surface area contributed by atoms with Crippen molar-refractivity contribution >= 4 is 23.5 Å². The molecule has 1 N–H and O–H groups in total. The van der Waals surface area contributed by atoms with E-state index in [1.165, 1.54) is 7.11 Å². The number of carbonyl (C=O) groups is 2. The highest BCUT2D eigenvalue weighted by Crippen LogP contribution is 2.37. The Kier molecular flexibility index (Phi) is 6.50. The smallest absolute Gasteiger partial charge is 0.331 e. The summed E-state index contributed by atoms with van der Waals surface area (Å²) in [5.41, 5.74) is 0.862. The summed E-state index contributed by atoms with van der Waals surface area (Å²) in [4.78, 5) is 25.1. The zero-order valence-electron chi connectivity index (χ0n) is 15.5. The maximum Gasteiger partial charge on any atom is 0.331 e. The molecule has 0 bridgehead atoms. The van der Waals surface area contributed by atoms with E-state index in [9.17, 15) is 9.59 Å². The number of hydrogen-bond donors (Lipinski definition) is 1. The molecule has 25 heavy (non-hydrogen) atoms. The van der Waals surface area contributed by atoms with Gasteiger partial charge in [-0.2, -0.15) is 0 Å². The Labute approximate surface area is 155 Å².